The van der Waals surface area contributed by atoms with Gasteiger partial charge in [0.05, 0.1) is 24.7 Å². The summed E-state index contributed by atoms with van der Waals surface area (Å²) in [7, 11) is 1.55. The molecule has 17 heavy (non-hydrogen) atoms. The maximum absolute atomic E-state index is 12.2. The van der Waals surface area contributed by atoms with Gasteiger partial charge in [0.2, 0.25) is 5.91 Å². The molecule has 1 rings (SSSR count). The number of nitrogens with two attached hydrogens (primary N) is 1. The number of carbonyl (C=O) groups is 1. The predicted octanol–water partition coefficient (Wildman–Crippen LogP) is 0.0191. The van der Waals surface area contributed by atoms with Gasteiger partial charge in [0.25, 0.3) is 0 Å². The van der Waals surface area contributed by atoms with E-state index in [0.717, 1.165) is 25.7 Å². The molecule has 1 aliphatic carbocycles. The molecule has 4 N–H and O–H groups in total. The van der Waals surface area contributed by atoms with Crippen LogP contribution in [0.1, 0.15) is 32.1 Å². The molecule has 5 heteroatoms. The Bertz CT molecular complexity index is 240. The lowest BCUT2D eigenvalue weighted by Gasteiger charge is -2.35. The molecule has 0 aromatic heterocycles. The van der Waals surface area contributed by atoms with Crippen LogP contribution in [0.2, 0.25) is 0 Å². The number of aliphatic hydroxyl groups is 1. The molecule has 0 saturated heterocycles. The molecule has 0 aromatic carbocycles. The van der Waals surface area contributed by atoms with Crippen LogP contribution < -0.4 is 11.1 Å². The fraction of sp³-hybridized carbons (Fsp3) is 0.917. The van der Waals surface area contributed by atoms with Crippen molar-refractivity contribution in [3.05, 3.63) is 0 Å². The molecule has 100 valence electrons. The summed E-state index contributed by atoms with van der Waals surface area (Å²) in [4.78, 5) is 12.2. The largest absolute Gasteiger partial charge is 0.394 e. The highest BCUT2D eigenvalue weighted by Crippen LogP contribution is 2.35. The van der Waals surface area contributed by atoms with Crippen LogP contribution in [-0.4, -0.2) is 43.9 Å². The van der Waals surface area contributed by atoms with Gasteiger partial charge >= 0.3 is 0 Å². The maximum Gasteiger partial charge on any atom is 0.227 e. The summed E-state index contributed by atoms with van der Waals surface area (Å²) >= 11 is 0. The molecule has 0 spiro atoms. The van der Waals surface area contributed by atoms with Crippen LogP contribution in [0.3, 0.4) is 0 Å². The van der Waals surface area contributed by atoms with Crippen molar-refractivity contribution in [2.24, 2.45) is 11.1 Å². The van der Waals surface area contributed by atoms with E-state index in [2.05, 4.69) is 5.32 Å². The first-order valence-electron chi connectivity index (χ1n) is 6.29. The van der Waals surface area contributed by atoms with Crippen LogP contribution >= 0.6 is 0 Å². The van der Waals surface area contributed by atoms with Gasteiger partial charge in [-0.15, -0.1) is 0 Å². The number of amides is 1. The third-order valence-corrected chi connectivity index (χ3v) is 3.61. The zero-order valence-electron chi connectivity index (χ0n) is 10.6. The van der Waals surface area contributed by atoms with Gasteiger partial charge in [-0.05, 0) is 12.8 Å². The summed E-state index contributed by atoms with van der Waals surface area (Å²) < 4.78 is 4.94. The van der Waals surface area contributed by atoms with Gasteiger partial charge in [0, 0.05) is 13.7 Å². The van der Waals surface area contributed by atoms with E-state index >= 15 is 0 Å². The normalized spacial score (nSPS) is 20.9. The second-order valence-electron chi connectivity index (χ2n) is 4.85. The molecule has 0 bridgehead atoms. The van der Waals surface area contributed by atoms with Gasteiger partial charge in [-0.25, -0.2) is 0 Å². The van der Waals surface area contributed by atoms with Crippen molar-refractivity contribution in [2.75, 3.05) is 26.9 Å². The van der Waals surface area contributed by atoms with E-state index in [1.165, 1.54) is 6.42 Å². The highest BCUT2D eigenvalue weighted by atomic mass is 16.5. The van der Waals surface area contributed by atoms with E-state index in [9.17, 15) is 4.79 Å². The Hall–Kier alpha value is -0.650. The summed E-state index contributed by atoms with van der Waals surface area (Å²) in [6.45, 7) is 0.590. The fourth-order valence-electron chi connectivity index (χ4n) is 2.43. The number of carbonyl (C=O) groups excluding carboxylic acids is 1. The fourth-order valence-corrected chi connectivity index (χ4v) is 2.43. The molecule has 1 unspecified atom stereocenters. The minimum Gasteiger partial charge on any atom is -0.394 e. The van der Waals surface area contributed by atoms with E-state index in [4.69, 9.17) is 15.6 Å². The van der Waals surface area contributed by atoms with Crippen molar-refractivity contribution >= 4 is 5.91 Å². The molecule has 1 atom stereocenters. The van der Waals surface area contributed by atoms with Crippen molar-refractivity contribution < 1.29 is 14.6 Å². The van der Waals surface area contributed by atoms with Crippen LogP contribution in [0.15, 0.2) is 0 Å². The number of hydrogen-bond donors (Lipinski definition) is 3. The first-order chi connectivity index (χ1) is 8.18. The standard InChI is InChI=1S/C12H24N2O3/c1-17-8-10(7-15)14-11(16)12(9-13)5-3-2-4-6-12/h10,15H,2-9,13H2,1H3,(H,14,16). The van der Waals surface area contributed by atoms with Crippen molar-refractivity contribution in [3.63, 3.8) is 0 Å². The van der Waals surface area contributed by atoms with Crippen molar-refractivity contribution in [1.29, 1.82) is 0 Å². The van der Waals surface area contributed by atoms with Gasteiger partial charge in [-0.1, -0.05) is 19.3 Å². The molecule has 1 fully saturated rings. The second kappa shape index (κ2) is 6.93. The van der Waals surface area contributed by atoms with Crippen molar-refractivity contribution in [1.82, 2.24) is 5.32 Å². The summed E-state index contributed by atoms with van der Waals surface area (Å²) in [6.07, 6.45) is 4.98. The monoisotopic (exact) mass is 244 g/mol. The SMILES string of the molecule is COCC(CO)NC(=O)C1(CN)CCCCC1. The third kappa shape index (κ3) is 3.66. The molecule has 5 nitrogen and oxygen atoms in total. The van der Waals surface area contributed by atoms with Gasteiger partial charge in [0.15, 0.2) is 0 Å². The van der Waals surface area contributed by atoms with E-state index in [-0.39, 0.29) is 18.6 Å². The van der Waals surface area contributed by atoms with E-state index in [1.807, 2.05) is 0 Å². The first-order valence-corrected chi connectivity index (χ1v) is 6.29. The van der Waals surface area contributed by atoms with Crippen LogP contribution in [-0.2, 0) is 9.53 Å². The minimum absolute atomic E-state index is 0.0317. The van der Waals surface area contributed by atoms with Gasteiger partial charge in [-0.3, -0.25) is 4.79 Å². The lowest BCUT2D eigenvalue weighted by atomic mass is 9.73. The molecule has 1 amide bonds. The number of ether oxygens (including phenoxy) is 1. The molecule has 1 saturated carbocycles. The van der Waals surface area contributed by atoms with Crippen LogP contribution in [0.5, 0.6) is 0 Å². The van der Waals surface area contributed by atoms with Crippen LogP contribution in [0.25, 0.3) is 0 Å². The number of methoxy groups -OCH3 is 1. The van der Waals surface area contributed by atoms with Crippen molar-refractivity contribution in [2.45, 2.75) is 38.1 Å². The maximum atomic E-state index is 12.2. The lowest BCUT2D eigenvalue weighted by Crippen LogP contribution is -2.52. The van der Waals surface area contributed by atoms with E-state index in [0.29, 0.717) is 13.2 Å². The predicted molar refractivity (Wildman–Crippen MR) is 65.5 cm³/mol. The Labute approximate surface area is 103 Å². The summed E-state index contributed by atoms with van der Waals surface area (Å²) in [5, 5.41) is 12.0. The Kier molecular flexibility index (Phi) is 5.88. The first kappa shape index (κ1) is 14.4. The Morgan fingerprint density at radius 2 is 2.12 bits per heavy atom. The smallest absolute Gasteiger partial charge is 0.227 e. The topological polar surface area (TPSA) is 84.6 Å². The molecule has 0 heterocycles. The third-order valence-electron chi connectivity index (χ3n) is 3.61. The molecular weight excluding hydrogens is 220 g/mol. The zero-order valence-corrected chi connectivity index (χ0v) is 10.6. The highest BCUT2D eigenvalue weighted by molar-refractivity contribution is 5.83. The number of hydrogen-bond acceptors (Lipinski definition) is 4. The molecule has 0 aliphatic heterocycles. The zero-order chi connectivity index (χ0) is 12.7. The molecule has 0 aromatic rings. The highest BCUT2D eigenvalue weighted by Gasteiger charge is 2.38. The Balaban J connectivity index is 2.58. The summed E-state index contributed by atoms with van der Waals surface area (Å²) in [5.41, 5.74) is 5.34. The van der Waals surface area contributed by atoms with Gasteiger partial charge in [0.1, 0.15) is 0 Å². The number of rotatable bonds is 6. The Morgan fingerprint density at radius 1 is 1.47 bits per heavy atom. The minimum atomic E-state index is -0.431. The number of nitrogens with one attached hydrogen (secondary N) is 1. The quantitative estimate of drug-likeness (QED) is 0.615. The summed E-state index contributed by atoms with van der Waals surface area (Å²) in [5.74, 6) is -0.0317. The van der Waals surface area contributed by atoms with E-state index < -0.39 is 5.41 Å². The van der Waals surface area contributed by atoms with Crippen LogP contribution in [0, 0.1) is 5.41 Å². The van der Waals surface area contributed by atoms with Crippen LogP contribution in [0.4, 0.5) is 0 Å². The van der Waals surface area contributed by atoms with Gasteiger partial charge in [-0.2, -0.15) is 0 Å². The average Bonchev–Trinajstić information content (AvgIpc) is 2.38. The second-order valence-corrected chi connectivity index (χ2v) is 4.85. The number of aliphatic hydroxyl groups excluding tert-OH is 1. The lowest BCUT2D eigenvalue weighted by molar-refractivity contribution is -0.133. The average molecular weight is 244 g/mol. The molecule has 0 radical (unpaired) electrons. The Morgan fingerprint density at radius 3 is 2.59 bits per heavy atom. The molecule has 1 aliphatic rings. The van der Waals surface area contributed by atoms with E-state index in [1.54, 1.807) is 7.11 Å². The molecular formula is C12H24N2O3. The van der Waals surface area contributed by atoms with Gasteiger partial charge < -0.3 is 20.9 Å². The van der Waals surface area contributed by atoms with Crippen molar-refractivity contribution in [3.8, 4) is 0 Å². The summed E-state index contributed by atoms with van der Waals surface area (Å²) in [6, 6.07) is -0.335.